The molecule has 2 N–H and O–H groups in total. The van der Waals surface area contributed by atoms with Gasteiger partial charge in [-0.15, -0.1) is 0 Å². The number of aliphatic hydroxyl groups is 1. The number of phosphoric ester groups is 1. The van der Waals surface area contributed by atoms with Gasteiger partial charge in [0.05, 0.1) is 33.9 Å². The lowest BCUT2D eigenvalue weighted by atomic mass is 10.1. The first kappa shape index (κ1) is 60.2. The number of nitrogens with zero attached hydrogens (tertiary/aromatic N) is 1. The molecule has 2 unspecified atom stereocenters. The Labute approximate surface area is 384 Å². The summed E-state index contributed by atoms with van der Waals surface area (Å²) in [5, 5.41) is 9.86. The van der Waals surface area contributed by atoms with Crippen LogP contribution < -0.4 is 0 Å². The number of allylic oxidation sites excluding steroid dienone is 12. The minimum atomic E-state index is -4.41. The highest BCUT2D eigenvalue weighted by molar-refractivity contribution is 7.47. The van der Waals surface area contributed by atoms with E-state index in [1.54, 1.807) is 6.08 Å². The predicted molar refractivity (Wildman–Crippen MR) is 262 cm³/mol. The second kappa shape index (κ2) is 43.1. The number of quaternary nitrogens is 1. The molecule has 10 nitrogen and oxygen atoms in total. The Kier molecular flexibility index (Phi) is 41.1. The van der Waals surface area contributed by atoms with E-state index in [0.29, 0.717) is 23.9 Å². The summed E-state index contributed by atoms with van der Waals surface area (Å²) >= 11 is 0. The van der Waals surface area contributed by atoms with Crippen LogP contribution in [0.2, 0.25) is 0 Å². The fourth-order valence-electron chi connectivity index (χ4n) is 6.18. The average Bonchev–Trinajstić information content (AvgIpc) is 3.23. The minimum Gasteiger partial charge on any atom is -0.462 e. The van der Waals surface area contributed by atoms with E-state index >= 15 is 0 Å². The van der Waals surface area contributed by atoms with Crippen LogP contribution in [0.15, 0.2) is 85.1 Å². The van der Waals surface area contributed by atoms with Crippen LogP contribution in [0, 0.1) is 0 Å². The van der Waals surface area contributed by atoms with E-state index in [9.17, 15) is 24.2 Å². The van der Waals surface area contributed by atoms with Gasteiger partial charge in [-0.1, -0.05) is 176 Å². The lowest BCUT2D eigenvalue weighted by molar-refractivity contribution is -0.870. The first-order valence-corrected chi connectivity index (χ1v) is 25.9. The van der Waals surface area contributed by atoms with Crippen molar-refractivity contribution in [2.45, 2.75) is 187 Å². The van der Waals surface area contributed by atoms with Gasteiger partial charge >= 0.3 is 19.8 Å². The number of rotatable bonds is 43. The smallest absolute Gasteiger partial charge is 0.462 e. The number of aliphatic hydroxyl groups excluding tert-OH is 1. The number of esters is 2. The van der Waals surface area contributed by atoms with Gasteiger partial charge in [-0.2, -0.15) is 0 Å². The van der Waals surface area contributed by atoms with Gasteiger partial charge in [0.2, 0.25) is 0 Å². The molecular weight excluding hydrogens is 814 g/mol. The maximum absolute atomic E-state index is 12.7. The molecule has 0 saturated carbocycles. The number of carbonyl (C=O) groups is 2. The van der Waals surface area contributed by atoms with Crippen LogP contribution in [0.3, 0.4) is 0 Å². The number of unbranched alkanes of at least 4 members (excludes halogenated alkanes) is 15. The van der Waals surface area contributed by atoms with Crippen LogP contribution in [0.1, 0.15) is 174 Å². The quantitative estimate of drug-likeness (QED) is 0.0153. The Morgan fingerprint density at radius 3 is 1.71 bits per heavy atom. The maximum Gasteiger partial charge on any atom is 0.472 e. The number of ether oxygens (including phenoxy) is 2. The molecule has 0 radical (unpaired) electrons. The van der Waals surface area contributed by atoms with Gasteiger partial charge in [-0.05, 0) is 70.6 Å². The standard InChI is InChI=1S/C52H90NO9P/c1-6-8-10-11-12-13-14-15-16-17-18-19-20-23-26-29-32-35-39-43-51(55)59-47-50(48-61-63(57,58)60-46-45-53(3,4)5)62-52(56)44-40-36-33-30-27-24-21-22-25-28-31-34-38-42-49(54)41-37-9-7-2/h9,15-16,22,24-25,27,31,33-34,36-38,42,49-50,54H,6-8,10-14,17-21,23,26,28-30,32,35,39-41,43-48H2,1-5H3/p+1/b16-15-,25-22-,27-24-,34-31+,36-33-,37-9-,42-38+/t49?,50-/m1/s1. The second-order valence-electron chi connectivity index (χ2n) is 17.3. The Morgan fingerprint density at radius 2 is 1.13 bits per heavy atom. The van der Waals surface area contributed by atoms with Crippen molar-refractivity contribution in [3.8, 4) is 0 Å². The van der Waals surface area contributed by atoms with Crippen LogP contribution in [0.4, 0.5) is 0 Å². The molecule has 0 fully saturated rings. The second-order valence-corrected chi connectivity index (χ2v) is 18.8. The van der Waals surface area contributed by atoms with Gasteiger partial charge < -0.3 is 24.0 Å². The number of likely N-dealkylation sites (N-methyl/N-ethyl adjacent to an activating group) is 1. The van der Waals surface area contributed by atoms with Crippen molar-refractivity contribution in [2.24, 2.45) is 0 Å². The minimum absolute atomic E-state index is 0.00674. The molecule has 0 aromatic rings. The van der Waals surface area contributed by atoms with E-state index in [1.165, 1.54) is 83.5 Å². The summed E-state index contributed by atoms with van der Waals surface area (Å²) in [6.45, 7) is 4.10. The topological polar surface area (TPSA) is 129 Å². The van der Waals surface area contributed by atoms with Crippen molar-refractivity contribution in [3.05, 3.63) is 85.1 Å². The van der Waals surface area contributed by atoms with Crippen LogP contribution in [-0.2, 0) is 32.7 Å². The van der Waals surface area contributed by atoms with Crippen LogP contribution in [0.25, 0.3) is 0 Å². The first-order chi connectivity index (χ1) is 30.4. The molecule has 0 bridgehead atoms. The molecule has 0 aliphatic rings. The largest absolute Gasteiger partial charge is 0.472 e. The van der Waals surface area contributed by atoms with Gasteiger partial charge in [0.25, 0.3) is 0 Å². The van der Waals surface area contributed by atoms with Gasteiger partial charge in [0.15, 0.2) is 6.10 Å². The summed E-state index contributed by atoms with van der Waals surface area (Å²) in [7, 11) is 1.39. The third-order valence-electron chi connectivity index (χ3n) is 10.0. The normalized spacial score (nSPS) is 14.7. The maximum atomic E-state index is 12.7. The molecular formula is C52H91NO9P+. The Balaban J connectivity index is 4.46. The zero-order chi connectivity index (χ0) is 46.5. The van der Waals surface area contributed by atoms with Gasteiger partial charge in [-0.3, -0.25) is 18.6 Å². The molecule has 0 amide bonds. The summed E-state index contributed by atoms with van der Waals surface area (Å²) in [6, 6.07) is 0. The van der Waals surface area contributed by atoms with Crippen LogP contribution >= 0.6 is 7.82 Å². The van der Waals surface area contributed by atoms with E-state index in [0.717, 1.165) is 51.4 Å². The van der Waals surface area contributed by atoms with Gasteiger partial charge in [0.1, 0.15) is 19.8 Å². The summed E-state index contributed by atoms with van der Waals surface area (Å²) in [5.41, 5.74) is 0. The fourth-order valence-corrected chi connectivity index (χ4v) is 6.92. The molecule has 0 aliphatic heterocycles. The number of phosphoric acid groups is 1. The van der Waals surface area contributed by atoms with Crippen molar-refractivity contribution >= 4 is 19.8 Å². The first-order valence-electron chi connectivity index (χ1n) is 24.4. The summed E-state index contributed by atoms with van der Waals surface area (Å²) < 4.78 is 34.3. The van der Waals surface area contributed by atoms with Crippen molar-refractivity contribution in [2.75, 3.05) is 47.5 Å². The number of hydrogen-bond acceptors (Lipinski definition) is 8. The molecule has 3 atom stereocenters. The molecule has 0 aromatic carbocycles. The lowest BCUT2D eigenvalue weighted by Gasteiger charge is -2.24. The molecule has 0 saturated heterocycles. The molecule has 11 heteroatoms. The van der Waals surface area contributed by atoms with E-state index in [1.807, 2.05) is 57.6 Å². The molecule has 0 aromatic heterocycles. The fraction of sp³-hybridized carbons (Fsp3) is 0.692. The zero-order valence-electron chi connectivity index (χ0n) is 40.4. The lowest BCUT2D eigenvalue weighted by Crippen LogP contribution is -2.37. The zero-order valence-corrected chi connectivity index (χ0v) is 41.3. The van der Waals surface area contributed by atoms with Crippen LogP contribution in [0.5, 0.6) is 0 Å². The number of hydrogen-bond donors (Lipinski definition) is 2. The Hall–Kier alpha value is -2.85. The van der Waals surface area contributed by atoms with Crippen molar-refractivity contribution in [3.63, 3.8) is 0 Å². The average molecular weight is 905 g/mol. The highest BCUT2D eigenvalue weighted by Gasteiger charge is 2.27. The Morgan fingerprint density at radius 1 is 0.587 bits per heavy atom. The summed E-state index contributed by atoms with van der Waals surface area (Å²) in [4.78, 5) is 35.5. The Bertz CT molecular complexity index is 1360. The predicted octanol–water partition coefficient (Wildman–Crippen LogP) is 13.3. The SMILES string of the molecule is CC/C=C\CC(O)/C=C/C=C/C/C=C\C/C=C\C/C=C\CCC(=O)O[C@H](COC(=O)CCCCCCCCCCC/C=C\CCCCCCCC)COP(=O)(O)OCC[N+](C)(C)C. The van der Waals surface area contributed by atoms with Gasteiger partial charge in [0, 0.05) is 12.8 Å². The third kappa shape index (κ3) is 46.9. The van der Waals surface area contributed by atoms with Crippen molar-refractivity contribution < 1.29 is 47.2 Å². The number of carbonyl (C=O) groups excluding carboxylic acids is 2. The van der Waals surface area contributed by atoms with E-state index in [-0.39, 0.29) is 26.1 Å². The van der Waals surface area contributed by atoms with E-state index < -0.39 is 38.6 Å². The summed E-state index contributed by atoms with van der Waals surface area (Å²) in [6.07, 6.45) is 52.6. The van der Waals surface area contributed by atoms with Crippen molar-refractivity contribution in [1.82, 2.24) is 0 Å². The summed E-state index contributed by atoms with van der Waals surface area (Å²) in [5.74, 6) is -0.924. The molecule has 0 heterocycles. The molecule has 0 aliphatic carbocycles. The molecule has 63 heavy (non-hydrogen) atoms. The van der Waals surface area contributed by atoms with E-state index in [4.69, 9.17) is 18.5 Å². The molecule has 0 rings (SSSR count). The molecule has 362 valence electrons. The monoisotopic (exact) mass is 905 g/mol. The highest BCUT2D eigenvalue weighted by Crippen LogP contribution is 2.43. The molecule has 0 spiro atoms. The highest BCUT2D eigenvalue weighted by atomic mass is 31.2. The van der Waals surface area contributed by atoms with Gasteiger partial charge in [-0.25, -0.2) is 4.57 Å². The third-order valence-corrected chi connectivity index (χ3v) is 11.0. The van der Waals surface area contributed by atoms with Crippen molar-refractivity contribution in [1.29, 1.82) is 0 Å². The van der Waals surface area contributed by atoms with Crippen LogP contribution in [-0.4, -0.2) is 86.1 Å². The van der Waals surface area contributed by atoms with E-state index in [2.05, 4.69) is 56.4 Å².